The highest BCUT2D eigenvalue weighted by Crippen LogP contribution is 2.27. The van der Waals surface area contributed by atoms with Crippen molar-refractivity contribution >= 4 is 29.9 Å². The number of carbonyl (C=O) groups is 4. The molecule has 0 heterocycles. The fourth-order valence-electron chi connectivity index (χ4n) is 3.22. The average molecular weight is 587 g/mol. The van der Waals surface area contributed by atoms with Crippen molar-refractivity contribution in [3.8, 4) is 0 Å². The second-order valence-corrected chi connectivity index (χ2v) is 8.88. The molecule has 9 nitrogen and oxygen atoms in total. The summed E-state index contributed by atoms with van der Waals surface area (Å²) in [6.07, 6.45) is -1.42. The van der Waals surface area contributed by atoms with E-state index in [1.165, 1.54) is 13.0 Å². The molecule has 0 aliphatic rings. The van der Waals surface area contributed by atoms with Gasteiger partial charge in [0.15, 0.2) is 0 Å². The summed E-state index contributed by atoms with van der Waals surface area (Å²) >= 11 is 0. The Bertz CT molecular complexity index is 1230. The van der Waals surface area contributed by atoms with Gasteiger partial charge < -0.3 is 20.6 Å². The molecule has 2 aromatic rings. The molecule has 2 rings (SSSR count). The summed E-state index contributed by atoms with van der Waals surface area (Å²) in [5.74, 6) is -5.88. The first kappa shape index (κ1) is 34.5. The molecule has 0 aliphatic carbocycles. The van der Waals surface area contributed by atoms with Crippen molar-refractivity contribution < 1.29 is 46.2 Å². The maximum Gasteiger partial charge on any atom is 0.408 e. The number of halogens is 5. The highest BCUT2D eigenvalue weighted by atomic mass is 19.4. The quantitative estimate of drug-likeness (QED) is 0.206. The summed E-state index contributed by atoms with van der Waals surface area (Å²) in [5, 5.41) is 12.1. The predicted octanol–water partition coefficient (Wildman–Crippen LogP) is 4.09. The minimum absolute atomic E-state index is 0.293. The van der Waals surface area contributed by atoms with Crippen LogP contribution in [0.3, 0.4) is 0 Å². The van der Waals surface area contributed by atoms with Crippen molar-refractivity contribution in [1.29, 1.82) is 0 Å². The van der Waals surface area contributed by atoms with E-state index in [4.69, 9.17) is 5.11 Å². The van der Waals surface area contributed by atoms with E-state index in [1.54, 1.807) is 16.4 Å². The normalized spacial score (nSPS) is 11.6. The smallest absolute Gasteiger partial charge is 0.408 e. The van der Waals surface area contributed by atoms with Gasteiger partial charge in [0.05, 0.1) is 6.54 Å². The Morgan fingerprint density at radius 2 is 1.68 bits per heavy atom. The van der Waals surface area contributed by atoms with E-state index in [0.717, 1.165) is 16.0 Å². The lowest BCUT2D eigenvalue weighted by atomic mass is 10.1. The molecule has 0 aromatic heterocycles. The Balaban J connectivity index is 0.000000422. The van der Waals surface area contributed by atoms with Crippen LogP contribution in [0.5, 0.6) is 0 Å². The Kier molecular flexibility index (Phi) is 13.4. The van der Waals surface area contributed by atoms with Gasteiger partial charge in [0.1, 0.15) is 29.8 Å². The molecule has 2 aromatic carbocycles. The number of anilines is 1. The zero-order chi connectivity index (χ0) is 31.3. The lowest BCUT2D eigenvalue weighted by Crippen LogP contribution is -2.35. The molecule has 41 heavy (non-hydrogen) atoms. The van der Waals surface area contributed by atoms with Gasteiger partial charge in [0, 0.05) is 32.1 Å². The van der Waals surface area contributed by atoms with Crippen LogP contribution in [0.15, 0.2) is 48.7 Å². The molecule has 224 valence electrons. The fraction of sp³-hybridized carbons (Fsp3) is 0.333. The van der Waals surface area contributed by atoms with E-state index in [9.17, 15) is 41.1 Å². The van der Waals surface area contributed by atoms with E-state index < -0.39 is 53.5 Å². The number of hydrogen-bond donors (Lipinski definition) is 3. The second-order valence-electron chi connectivity index (χ2n) is 8.88. The third-order valence-corrected chi connectivity index (χ3v) is 5.17. The van der Waals surface area contributed by atoms with E-state index in [-0.39, 0.29) is 12.3 Å². The molecule has 0 bridgehead atoms. The van der Waals surface area contributed by atoms with Gasteiger partial charge in [-0.2, -0.15) is 13.2 Å². The van der Waals surface area contributed by atoms with Crippen molar-refractivity contribution in [2.75, 3.05) is 26.0 Å². The number of carbonyl (C=O) groups excluding carboxylic acids is 3. The van der Waals surface area contributed by atoms with Gasteiger partial charge in [-0.1, -0.05) is 36.8 Å². The van der Waals surface area contributed by atoms with Gasteiger partial charge in [-0.05, 0) is 31.0 Å². The summed E-state index contributed by atoms with van der Waals surface area (Å²) in [6.45, 7) is 2.65. The van der Waals surface area contributed by atoms with Crippen molar-refractivity contribution in [2.24, 2.45) is 0 Å². The molecule has 1 unspecified atom stereocenters. The average Bonchev–Trinajstić information content (AvgIpc) is 2.87. The molecule has 0 spiro atoms. The van der Waals surface area contributed by atoms with Crippen LogP contribution in [0.4, 0.5) is 27.6 Å². The molecule has 1 atom stereocenters. The van der Waals surface area contributed by atoms with Gasteiger partial charge in [0.25, 0.3) is 11.8 Å². The van der Waals surface area contributed by atoms with Crippen LogP contribution < -0.4 is 10.6 Å². The molecular formula is C27H31F5N4O5. The monoisotopic (exact) mass is 586 g/mol. The summed E-state index contributed by atoms with van der Waals surface area (Å²) in [7, 11) is 3.63. The molecular weight excluding hydrogens is 555 g/mol. The van der Waals surface area contributed by atoms with Crippen molar-refractivity contribution in [3.63, 3.8) is 0 Å². The summed E-state index contributed by atoms with van der Waals surface area (Å²) in [4.78, 5) is 47.4. The van der Waals surface area contributed by atoms with Crippen LogP contribution in [-0.4, -0.2) is 72.0 Å². The number of nitrogens with zero attached hydrogens (tertiary/aromatic N) is 2. The van der Waals surface area contributed by atoms with Crippen molar-refractivity contribution in [2.45, 2.75) is 39.0 Å². The van der Waals surface area contributed by atoms with E-state index >= 15 is 0 Å². The number of aliphatic carboxylic acids is 1. The molecule has 0 aliphatic heterocycles. The third-order valence-electron chi connectivity index (χ3n) is 5.17. The number of hydrogen-bond acceptors (Lipinski definition) is 6. The summed E-state index contributed by atoms with van der Waals surface area (Å²) < 4.78 is 65.4. The number of carboxylic acids is 1. The summed E-state index contributed by atoms with van der Waals surface area (Å²) in [6, 6.07) is 6.80. The van der Waals surface area contributed by atoms with Gasteiger partial charge in [0.2, 0.25) is 6.41 Å². The fourth-order valence-corrected chi connectivity index (χ4v) is 3.22. The van der Waals surface area contributed by atoms with Gasteiger partial charge in [-0.3, -0.25) is 24.1 Å². The van der Waals surface area contributed by atoms with E-state index in [2.05, 4.69) is 0 Å². The Labute approximate surface area is 233 Å². The highest BCUT2D eigenvalue weighted by Gasteiger charge is 2.38. The maximum absolute atomic E-state index is 13.8. The number of carboxylic acid groups (broad SMARTS) is 1. The number of rotatable bonds is 11. The largest absolute Gasteiger partial charge is 0.480 e. The van der Waals surface area contributed by atoms with Crippen molar-refractivity contribution in [1.82, 2.24) is 15.1 Å². The number of benzene rings is 2. The molecule has 0 fully saturated rings. The molecule has 0 saturated heterocycles. The predicted molar refractivity (Wildman–Crippen MR) is 141 cm³/mol. The van der Waals surface area contributed by atoms with Crippen LogP contribution in [0.25, 0.3) is 0 Å². The molecule has 0 saturated carbocycles. The molecule has 14 heteroatoms. The van der Waals surface area contributed by atoms with Crippen LogP contribution in [-0.2, 0) is 20.9 Å². The number of alkyl halides is 3. The highest BCUT2D eigenvalue weighted by molar-refractivity contribution is 5.96. The van der Waals surface area contributed by atoms with Gasteiger partial charge >= 0.3 is 12.1 Å². The maximum atomic E-state index is 13.8. The first-order valence-electron chi connectivity index (χ1n) is 12.1. The van der Waals surface area contributed by atoms with Crippen LogP contribution in [0, 0.1) is 18.6 Å². The van der Waals surface area contributed by atoms with E-state index in [1.807, 2.05) is 50.6 Å². The Morgan fingerprint density at radius 3 is 2.15 bits per heavy atom. The standard InChI is InChI=1S/C14H18N2O2.C13H13F5N2O3/c1-12-5-4-6-13(9-12)10-16(11-17)14(18)7-8-15(2)3;1-2-9(13(16,17)18)20-6-3-7(14)11(8(15)4-6)12(23)19-5-10(21)22/h4-9,11H,10H2,1-3H3;3-4,9,20H,2,5H2,1H3,(H,19,23)(H,21,22)/b8-7-;. The zero-order valence-electron chi connectivity index (χ0n) is 22.8. The van der Waals surface area contributed by atoms with Crippen molar-refractivity contribution in [3.05, 3.63) is 77.0 Å². The Hall–Kier alpha value is -4.49. The topological polar surface area (TPSA) is 119 Å². The van der Waals surface area contributed by atoms with Crippen LogP contribution in [0.2, 0.25) is 0 Å². The Morgan fingerprint density at radius 1 is 1.07 bits per heavy atom. The number of imide groups is 1. The molecule has 3 amide bonds. The molecule has 3 N–H and O–H groups in total. The first-order valence-corrected chi connectivity index (χ1v) is 12.1. The minimum atomic E-state index is -4.61. The van der Waals surface area contributed by atoms with Gasteiger partial charge in [-0.15, -0.1) is 0 Å². The minimum Gasteiger partial charge on any atom is -0.480 e. The van der Waals surface area contributed by atoms with Crippen LogP contribution in [0.1, 0.15) is 34.8 Å². The first-order chi connectivity index (χ1) is 19.1. The lowest BCUT2D eigenvalue weighted by Gasteiger charge is -2.21. The SMILES string of the molecule is CCC(Nc1cc(F)c(C(=O)NCC(=O)O)c(F)c1)C(F)(F)F.Cc1cccc(CN(C=O)C(=O)/C=C\N(C)C)c1. The van der Waals surface area contributed by atoms with Crippen LogP contribution >= 0.6 is 0 Å². The summed E-state index contributed by atoms with van der Waals surface area (Å²) in [5.41, 5.74) is 0.485. The van der Waals surface area contributed by atoms with E-state index in [0.29, 0.717) is 25.1 Å². The second kappa shape index (κ2) is 15.9. The van der Waals surface area contributed by atoms with Gasteiger partial charge in [-0.25, -0.2) is 8.78 Å². The zero-order valence-corrected chi connectivity index (χ0v) is 22.8. The lowest BCUT2D eigenvalue weighted by molar-refractivity contribution is -0.143. The number of amides is 3. The number of aryl methyl sites for hydroxylation is 1. The number of nitrogens with one attached hydrogen (secondary N) is 2. The molecule has 0 radical (unpaired) electrons. The third kappa shape index (κ3) is 12.1.